The van der Waals surface area contributed by atoms with Crippen LogP contribution in [0.3, 0.4) is 0 Å². The summed E-state index contributed by atoms with van der Waals surface area (Å²) in [5.41, 5.74) is 0.464. The molecular formula is C15H12Cl2F2O. The normalized spacial score (nSPS) is 12.5. The van der Waals surface area contributed by atoms with Gasteiger partial charge in [0.25, 0.3) is 0 Å². The van der Waals surface area contributed by atoms with Crippen LogP contribution in [0.15, 0.2) is 30.3 Å². The maximum absolute atomic E-state index is 13.9. The Bertz CT molecular complexity index is 644. The molecule has 0 heterocycles. The van der Waals surface area contributed by atoms with E-state index in [1.807, 2.05) is 0 Å². The zero-order valence-electron chi connectivity index (χ0n) is 10.6. The first-order valence-corrected chi connectivity index (χ1v) is 6.73. The lowest BCUT2D eigenvalue weighted by molar-refractivity contribution is 0.168. The predicted molar refractivity (Wildman–Crippen MR) is 76.2 cm³/mol. The molecule has 1 unspecified atom stereocenters. The van der Waals surface area contributed by atoms with E-state index in [0.717, 1.165) is 6.07 Å². The van der Waals surface area contributed by atoms with Crippen molar-refractivity contribution in [2.45, 2.75) is 19.4 Å². The van der Waals surface area contributed by atoms with Crippen LogP contribution < -0.4 is 0 Å². The Labute approximate surface area is 125 Å². The first-order valence-electron chi connectivity index (χ1n) is 5.97. The molecule has 5 heteroatoms. The maximum Gasteiger partial charge on any atom is 0.134 e. The first-order chi connectivity index (χ1) is 9.41. The van der Waals surface area contributed by atoms with Crippen LogP contribution in [0.1, 0.15) is 22.8 Å². The minimum absolute atomic E-state index is 0.0172. The van der Waals surface area contributed by atoms with Crippen molar-refractivity contribution in [1.82, 2.24) is 0 Å². The fourth-order valence-corrected chi connectivity index (χ4v) is 2.40. The standard InChI is InChI=1S/C15H12Cl2F2O/c1-8-5-6-11(18)13(15(8)19)12(20)7-9-3-2-4-10(16)14(9)17/h2-6,12,20H,7H2,1H3. The Hall–Kier alpha value is -1.16. The average Bonchev–Trinajstić information content (AvgIpc) is 2.40. The zero-order valence-corrected chi connectivity index (χ0v) is 12.1. The minimum Gasteiger partial charge on any atom is -0.388 e. The summed E-state index contributed by atoms with van der Waals surface area (Å²) >= 11 is 11.9. The summed E-state index contributed by atoms with van der Waals surface area (Å²) in [4.78, 5) is 0. The van der Waals surface area contributed by atoms with Gasteiger partial charge in [0.2, 0.25) is 0 Å². The van der Waals surface area contributed by atoms with Crippen molar-refractivity contribution in [2.75, 3.05) is 0 Å². The van der Waals surface area contributed by atoms with Gasteiger partial charge in [-0.15, -0.1) is 0 Å². The second-order valence-corrected chi connectivity index (χ2v) is 5.31. The van der Waals surface area contributed by atoms with Crippen LogP contribution in [0.5, 0.6) is 0 Å². The summed E-state index contributed by atoms with van der Waals surface area (Å²) in [6.45, 7) is 1.51. The number of aryl methyl sites for hydroxylation is 1. The highest BCUT2D eigenvalue weighted by Crippen LogP contribution is 2.31. The van der Waals surface area contributed by atoms with E-state index in [1.54, 1.807) is 18.2 Å². The van der Waals surface area contributed by atoms with Crippen LogP contribution in [0.25, 0.3) is 0 Å². The number of benzene rings is 2. The van der Waals surface area contributed by atoms with E-state index in [0.29, 0.717) is 10.6 Å². The Morgan fingerprint density at radius 1 is 1.15 bits per heavy atom. The van der Waals surface area contributed by atoms with Gasteiger partial charge in [0.1, 0.15) is 11.6 Å². The minimum atomic E-state index is -1.33. The third-order valence-electron chi connectivity index (χ3n) is 3.10. The molecule has 0 saturated heterocycles. The van der Waals surface area contributed by atoms with E-state index in [9.17, 15) is 13.9 Å². The highest BCUT2D eigenvalue weighted by molar-refractivity contribution is 6.42. The van der Waals surface area contributed by atoms with Crippen molar-refractivity contribution in [1.29, 1.82) is 0 Å². The molecule has 2 aromatic carbocycles. The van der Waals surface area contributed by atoms with Gasteiger partial charge in [0, 0.05) is 6.42 Å². The van der Waals surface area contributed by atoms with Crippen molar-refractivity contribution in [3.63, 3.8) is 0 Å². The van der Waals surface area contributed by atoms with Crippen molar-refractivity contribution >= 4 is 23.2 Å². The fourth-order valence-electron chi connectivity index (χ4n) is 2.00. The van der Waals surface area contributed by atoms with Gasteiger partial charge in [0.15, 0.2) is 0 Å². The molecule has 0 amide bonds. The van der Waals surface area contributed by atoms with Crippen LogP contribution >= 0.6 is 23.2 Å². The molecule has 2 aromatic rings. The fraction of sp³-hybridized carbons (Fsp3) is 0.200. The quantitative estimate of drug-likeness (QED) is 0.857. The number of hydrogen-bond acceptors (Lipinski definition) is 1. The van der Waals surface area contributed by atoms with Gasteiger partial charge in [-0.05, 0) is 30.2 Å². The topological polar surface area (TPSA) is 20.2 Å². The van der Waals surface area contributed by atoms with Crippen LogP contribution in [0.2, 0.25) is 10.0 Å². The van der Waals surface area contributed by atoms with E-state index < -0.39 is 17.7 Å². The molecule has 0 aromatic heterocycles. The Morgan fingerprint density at radius 3 is 2.55 bits per heavy atom. The van der Waals surface area contributed by atoms with E-state index in [1.165, 1.54) is 13.0 Å². The number of aliphatic hydroxyl groups excluding tert-OH is 1. The highest BCUT2D eigenvalue weighted by atomic mass is 35.5. The molecular weight excluding hydrogens is 305 g/mol. The third-order valence-corrected chi connectivity index (χ3v) is 3.96. The van der Waals surface area contributed by atoms with Gasteiger partial charge in [-0.25, -0.2) is 8.78 Å². The molecule has 2 rings (SSSR count). The summed E-state index contributed by atoms with van der Waals surface area (Å²) < 4.78 is 27.6. The zero-order chi connectivity index (χ0) is 14.9. The molecule has 0 aliphatic carbocycles. The maximum atomic E-state index is 13.9. The molecule has 0 saturated carbocycles. The molecule has 0 fully saturated rings. The summed E-state index contributed by atoms with van der Waals surface area (Å²) in [5.74, 6) is -1.52. The van der Waals surface area contributed by atoms with Crippen molar-refractivity contribution in [2.24, 2.45) is 0 Å². The van der Waals surface area contributed by atoms with Gasteiger partial charge in [-0.1, -0.05) is 41.4 Å². The van der Waals surface area contributed by atoms with Crippen molar-refractivity contribution in [3.8, 4) is 0 Å². The summed E-state index contributed by atoms with van der Waals surface area (Å²) in [7, 11) is 0. The summed E-state index contributed by atoms with van der Waals surface area (Å²) in [6, 6.07) is 7.39. The Morgan fingerprint density at radius 2 is 1.85 bits per heavy atom. The number of rotatable bonds is 3. The van der Waals surface area contributed by atoms with Crippen LogP contribution in [0, 0.1) is 18.6 Å². The van der Waals surface area contributed by atoms with Gasteiger partial charge >= 0.3 is 0 Å². The van der Waals surface area contributed by atoms with Gasteiger partial charge in [-0.3, -0.25) is 0 Å². The van der Waals surface area contributed by atoms with Crippen molar-refractivity contribution < 1.29 is 13.9 Å². The van der Waals surface area contributed by atoms with Crippen LogP contribution in [0.4, 0.5) is 8.78 Å². The second-order valence-electron chi connectivity index (χ2n) is 4.52. The molecule has 0 aliphatic heterocycles. The lowest BCUT2D eigenvalue weighted by Gasteiger charge is -2.15. The summed E-state index contributed by atoms with van der Waals surface area (Å²) in [5, 5.41) is 10.7. The molecule has 0 spiro atoms. The monoisotopic (exact) mass is 316 g/mol. The van der Waals surface area contributed by atoms with Gasteiger partial charge in [-0.2, -0.15) is 0 Å². The molecule has 106 valence electrons. The lowest BCUT2D eigenvalue weighted by atomic mass is 9.98. The highest BCUT2D eigenvalue weighted by Gasteiger charge is 2.21. The van der Waals surface area contributed by atoms with Crippen LogP contribution in [-0.4, -0.2) is 5.11 Å². The van der Waals surface area contributed by atoms with E-state index in [2.05, 4.69) is 0 Å². The molecule has 1 N–H and O–H groups in total. The van der Waals surface area contributed by atoms with E-state index >= 15 is 0 Å². The predicted octanol–water partition coefficient (Wildman–Crippen LogP) is 4.86. The average molecular weight is 317 g/mol. The van der Waals surface area contributed by atoms with Gasteiger partial charge in [0.05, 0.1) is 21.7 Å². The molecule has 0 aliphatic rings. The molecule has 20 heavy (non-hydrogen) atoms. The molecule has 1 nitrogen and oxygen atoms in total. The second kappa shape index (κ2) is 6.08. The number of aliphatic hydroxyl groups is 1. The molecule has 1 atom stereocenters. The van der Waals surface area contributed by atoms with E-state index in [4.69, 9.17) is 23.2 Å². The molecule has 0 bridgehead atoms. The van der Waals surface area contributed by atoms with E-state index in [-0.39, 0.29) is 22.6 Å². The molecule has 0 radical (unpaired) electrons. The third kappa shape index (κ3) is 2.95. The SMILES string of the molecule is Cc1ccc(F)c(C(O)Cc2cccc(Cl)c2Cl)c1F. The largest absolute Gasteiger partial charge is 0.388 e. The lowest BCUT2D eigenvalue weighted by Crippen LogP contribution is -2.09. The smallest absolute Gasteiger partial charge is 0.134 e. The van der Waals surface area contributed by atoms with Gasteiger partial charge < -0.3 is 5.11 Å². The van der Waals surface area contributed by atoms with Crippen molar-refractivity contribution in [3.05, 3.63) is 68.7 Å². The Kier molecular flexibility index (Phi) is 4.63. The number of hydrogen-bond donors (Lipinski definition) is 1. The Balaban J connectivity index is 2.36. The first kappa shape index (κ1) is 15.2. The number of halogens is 4. The van der Waals surface area contributed by atoms with Crippen LogP contribution in [-0.2, 0) is 6.42 Å². The summed E-state index contributed by atoms with van der Waals surface area (Å²) in [6.07, 6.45) is -1.35.